The van der Waals surface area contributed by atoms with E-state index in [0.717, 1.165) is 0 Å². The number of amides is 4. The van der Waals surface area contributed by atoms with Gasteiger partial charge in [-0.15, -0.1) is 12.3 Å². The Kier molecular flexibility index (Phi) is 4.54. The minimum atomic E-state index is -0.810. The Morgan fingerprint density at radius 3 is 2.00 bits per heavy atom. The number of nitrogens with two attached hydrogens (primary N) is 2. The molecule has 0 fully saturated rings. The van der Waals surface area contributed by atoms with Crippen LogP contribution in [0.5, 0.6) is 0 Å². The summed E-state index contributed by atoms with van der Waals surface area (Å²) in [5, 5.41) is 4.66. The van der Waals surface area contributed by atoms with E-state index in [-0.39, 0.29) is 0 Å². The maximum atomic E-state index is 10.4. The molecule has 0 unspecified atom stereocenters. The van der Waals surface area contributed by atoms with Crippen LogP contribution in [0, 0.1) is 0 Å². The van der Waals surface area contributed by atoms with Crippen LogP contribution in [0.25, 0.3) is 0 Å². The molecule has 0 rings (SSSR count). The summed E-state index contributed by atoms with van der Waals surface area (Å²) < 4.78 is 0. The predicted octanol–water partition coefficient (Wildman–Crippen LogP) is -2.08. The second kappa shape index (κ2) is 5.19. The monoisotopic (exact) mass is 188 g/mol. The lowest BCUT2D eigenvalue weighted by atomic mass is 10.9. The standard InChI is InChI=1S/C5H12N4O2Si/c1-2-12-5(8-3(6)10)9-4(7)11/h2,5H,1,12H2,(H3,6,8,10)(H3,7,9,11). The average Bonchev–Trinajstić information content (AvgIpc) is 1.84. The zero-order valence-corrected chi connectivity index (χ0v) is 7.95. The minimum absolute atomic E-state index is 0.447. The Labute approximate surface area is 72.2 Å². The van der Waals surface area contributed by atoms with Gasteiger partial charge >= 0.3 is 12.1 Å². The van der Waals surface area contributed by atoms with E-state index in [1.807, 2.05) is 0 Å². The van der Waals surface area contributed by atoms with Gasteiger partial charge in [-0.25, -0.2) is 9.59 Å². The molecule has 0 aliphatic heterocycles. The van der Waals surface area contributed by atoms with Gasteiger partial charge in [0.2, 0.25) is 0 Å². The first-order valence-electron chi connectivity index (χ1n) is 3.29. The maximum absolute atomic E-state index is 10.4. The third-order valence-corrected chi connectivity index (χ3v) is 2.25. The zero-order chi connectivity index (χ0) is 9.56. The molecule has 0 saturated heterocycles. The molecule has 6 N–H and O–H groups in total. The third kappa shape index (κ3) is 5.29. The van der Waals surface area contributed by atoms with E-state index in [0.29, 0.717) is 0 Å². The number of urea groups is 2. The lowest BCUT2D eigenvalue weighted by Crippen LogP contribution is -2.54. The molecule has 7 heteroatoms. The molecule has 0 aromatic heterocycles. The largest absolute Gasteiger partial charge is 0.352 e. The van der Waals surface area contributed by atoms with E-state index in [1.165, 1.54) is 0 Å². The van der Waals surface area contributed by atoms with Crippen LogP contribution in [0.2, 0.25) is 0 Å². The molecule has 0 radical (unpaired) electrons. The van der Waals surface area contributed by atoms with E-state index >= 15 is 0 Å². The van der Waals surface area contributed by atoms with Crippen molar-refractivity contribution in [2.45, 2.75) is 5.79 Å². The smallest absolute Gasteiger partial charge is 0.313 e. The number of primary amides is 2. The minimum Gasteiger partial charge on any atom is -0.352 e. The predicted molar refractivity (Wildman–Crippen MR) is 48.0 cm³/mol. The fraction of sp³-hybridized carbons (Fsp3) is 0.200. The molecule has 0 bridgehead atoms. The highest BCUT2D eigenvalue weighted by Crippen LogP contribution is 1.75. The first-order valence-corrected chi connectivity index (χ1v) is 4.92. The summed E-state index contributed by atoms with van der Waals surface area (Å²) in [6, 6.07) is -1.38. The summed E-state index contributed by atoms with van der Waals surface area (Å²) in [5.74, 6) is -0.447. The molecule has 68 valence electrons. The van der Waals surface area contributed by atoms with Gasteiger partial charge in [0.05, 0.1) is 15.3 Å². The fourth-order valence-electron chi connectivity index (χ4n) is 0.664. The fourth-order valence-corrected chi connectivity index (χ4v) is 1.64. The highest BCUT2D eigenvalue weighted by Gasteiger charge is 2.09. The second-order valence-electron chi connectivity index (χ2n) is 2.09. The van der Waals surface area contributed by atoms with Crippen LogP contribution in [-0.4, -0.2) is 27.4 Å². The summed E-state index contributed by atoms with van der Waals surface area (Å²) in [6.45, 7) is 3.49. The number of carbonyl (C=O) groups excluding carboxylic acids is 2. The topological polar surface area (TPSA) is 110 Å². The van der Waals surface area contributed by atoms with Crippen LogP contribution in [0.1, 0.15) is 0 Å². The van der Waals surface area contributed by atoms with Crippen molar-refractivity contribution >= 4 is 21.6 Å². The molecule has 12 heavy (non-hydrogen) atoms. The van der Waals surface area contributed by atoms with E-state index in [9.17, 15) is 9.59 Å². The first kappa shape index (κ1) is 10.5. The lowest BCUT2D eigenvalue weighted by Gasteiger charge is -2.15. The quantitative estimate of drug-likeness (QED) is 0.300. The van der Waals surface area contributed by atoms with Crippen LogP contribution in [0.15, 0.2) is 12.3 Å². The van der Waals surface area contributed by atoms with Crippen LogP contribution >= 0.6 is 0 Å². The molecule has 0 spiro atoms. The Hall–Kier alpha value is -1.50. The molecule has 0 aliphatic rings. The second-order valence-corrected chi connectivity index (χ2v) is 3.96. The van der Waals surface area contributed by atoms with Crippen molar-refractivity contribution in [2.24, 2.45) is 11.5 Å². The summed E-state index contributed by atoms with van der Waals surface area (Å²) in [4.78, 5) is 20.7. The van der Waals surface area contributed by atoms with Crippen molar-refractivity contribution in [3.8, 4) is 0 Å². The van der Waals surface area contributed by atoms with E-state index < -0.39 is 27.4 Å². The molecule has 0 aliphatic carbocycles. The van der Waals surface area contributed by atoms with Crippen molar-refractivity contribution in [3.63, 3.8) is 0 Å². The zero-order valence-electron chi connectivity index (χ0n) is 6.54. The molecular formula is C5H12N4O2Si. The van der Waals surface area contributed by atoms with Crippen molar-refractivity contribution in [1.82, 2.24) is 10.6 Å². The van der Waals surface area contributed by atoms with Gasteiger partial charge in [-0.2, -0.15) is 0 Å². The SMILES string of the molecule is C=C[SiH2]C(NC(N)=O)NC(N)=O. The summed E-state index contributed by atoms with van der Waals surface area (Å²) >= 11 is 0. The number of hydrogen-bond donors (Lipinski definition) is 4. The highest BCUT2D eigenvalue weighted by atomic mass is 28.2. The first-order chi connectivity index (χ1) is 5.56. The van der Waals surface area contributed by atoms with E-state index in [2.05, 4.69) is 17.2 Å². The number of nitrogens with one attached hydrogen (secondary N) is 2. The average molecular weight is 188 g/mol. The van der Waals surface area contributed by atoms with Crippen molar-refractivity contribution in [2.75, 3.05) is 0 Å². The Balaban J connectivity index is 3.93. The van der Waals surface area contributed by atoms with Crippen LogP contribution in [-0.2, 0) is 0 Å². The molecule has 6 nitrogen and oxygen atoms in total. The number of rotatable bonds is 4. The Bertz CT molecular complexity index is 180. The molecular weight excluding hydrogens is 176 g/mol. The summed E-state index contributed by atoms with van der Waals surface area (Å²) in [7, 11) is -0.810. The molecule has 0 aromatic rings. The van der Waals surface area contributed by atoms with Crippen molar-refractivity contribution in [1.29, 1.82) is 0 Å². The van der Waals surface area contributed by atoms with Gasteiger partial charge in [0.25, 0.3) is 0 Å². The van der Waals surface area contributed by atoms with Gasteiger partial charge < -0.3 is 22.1 Å². The van der Waals surface area contributed by atoms with Gasteiger partial charge in [0.15, 0.2) is 0 Å². The normalized spacial score (nSPS) is 10.1. The third-order valence-electron chi connectivity index (χ3n) is 1.04. The maximum Gasteiger partial charge on any atom is 0.313 e. The van der Waals surface area contributed by atoms with Gasteiger partial charge in [-0.1, -0.05) is 0 Å². The van der Waals surface area contributed by atoms with Crippen molar-refractivity contribution < 1.29 is 9.59 Å². The van der Waals surface area contributed by atoms with Crippen LogP contribution < -0.4 is 22.1 Å². The van der Waals surface area contributed by atoms with Gasteiger partial charge in [0.1, 0.15) is 0 Å². The molecule has 0 heterocycles. The Morgan fingerprint density at radius 1 is 1.33 bits per heavy atom. The van der Waals surface area contributed by atoms with Crippen molar-refractivity contribution in [3.05, 3.63) is 12.3 Å². The lowest BCUT2D eigenvalue weighted by molar-refractivity contribution is 0.240. The van der Waals surface area contributed by atoms with Gasteiger partial charge in [0, 0.05) is 0 Å². The van der Waals surface area contributed by atoms with E-state index in [1.54, 1.807) is 5.70 Å². The number of hydrogen-bond acceptors (Lipinski definition) is 2. The molecule has 4 amide bonds. The molecule has 0 aromatic carbocycles. The summed E-state index contributed by atoms with van der Waals surface area (Å²) in [5.41, 5.74) is 11.4. The molecule has 0 atom stereocenters. The van der Waals surface area contributed by atoms with Crippen LogP contribution in [0.3, 0.4) is 0 Å². The van der Waals surface area contributed by atoms with Crippen LogP contribution in [0.4, 0.5) is 9.59 Å². The van der Waals surface area contributed by atoms with Gasteiger partial charge in [-0.3, -0.25) is 0 Å². The Morgan fingerprint density at radius 2 is 1.75 bits per heavy atom. The highest BCUT2D eigenvalue weighted by molar-refractivity contribution is 6.44. The van der Waals surface area contributed by atoms with E-state index in [4.69, 9.17) is 11.5 Å². The molecule has 0 saturated carbocycles. The summed E-state index contributed by atoms with van der Waals surface area (Å²) in [6.07, 6.45) is 0. The van der Waals surface area contributed by atoms with Gasteiger partial charge in [-0.05, 0) is 0 Å². The number of carbonyl (C=O) groups is 2.